The number of hydrogen-bond donors (Lipinski definition) is 0. The molecule has 4 heteroatoms. The molecule has 102 valence electrons. The van der Waals surface area contributed by atoms with Crippen LogP contribution in [0.1, 0.15) is 0 Å². The summed E-state index contributed by atoms with van der Waals surface area (Å²) in [4.78, 5) is 0. The van der Waals surface area contributed by atoms with Gasteiger partial charge in [-0.25, -0.2) is 0 Å². The van der Waals surface area contributed by atoms with Crippen molar-refractivity contribution in [3.63, 3.8) is 0 Å². The zero-order valence-corrected chi connectivity index (χ0v) is 11.3. The van der Waals surface area contributed by atoms with Gasteiger partial charge in [-0.05, 0) is 35.4 Å². The molecule has 0 aromatic heterocycles. The molecular weight excluding hydrogens is 244 g/mol. The maximum atomic E-state index is 5.26. The van der Waals surface area contributed by atoms with Crippen LogP contribution in [0.4, 0.5) is 0 Å². The molecule has 0 amide bonds. The fourth-order valence-electron chi connectivity index (χ4n) is 1.76. The summed E-state index contributed by atoms with van der Waals surface area (Å²) < 4.78 is 15.7. The van der Waals surface area contributed by atoms with E-state index in [0.29, 0.717) is 0 Å². The van der Waals surface area contributed by atoms with E-state index < -0.39 is 0 Å². The van der Waals surface area contributed by atoms with Crippen molar-refractivity contribution in [3.05, 3.63) is 42.5 Å². The van der Waals surface area contributed by atoms with Crippen LogP contribution in [0.5, 0.6) is 17.2 Å². The second-order valence-electron chi connectivity index (χ2n) is 3.83. The highest BCUT2D eigenvalue weighted by Gasteiger charge is 2.04. The molecule has 0 aliphatic rings. The highest BCUT2D eigenvalue weighted by Crippen LogP contribution is 2.30. The molecule has 0 atom stereocenters. The minimum Gasteiger partial charge on any atom is -0.497 e. The van der Waals surface area contributed by atoms with E-state index in [2.05, 4.69) is 0 Å². The molecule has 0 aliphatic carbocycles. The van der Waals surface area contributed by atoms with Crippen molar-refractivity contribution in [3.8, 4) is 28.4 Å². The van der Waals surface area contributed by atoms with Crippen molar-refractivity contribution in [2.45, 2.75) is 0 Å². The van der Waals surface area contributed by atoms with E-state index in [4.69, 9.17) is 14.2 Å². The van der Waals surface area contributed by atoms with E-state index in [0.717, 1.165) is 28.4 Å². The van der Waals surface area contributed by atoms with E-state index in [9.17, 15) is 0 Å². The van der Waals surface area contributed by atoms with Crippen molar-refractivity contribution in [1.82, 2.24) is 0 Å². The Balaban J connectivity index is 0.00000180. The molecule has 0 aliphatic heterocycles. The highest BCUT2D eigenvalue weighted by atomic mass is 16.5. The van der Waals surface area contributed by atoms with Crippen LogP contribution >= 0.6 is 0 Å². The molecule has 0 spiro atoms. The van der Waals surface area contributed by atoms with Crippen LogP contribution < -0.4 is 14.2 Å². The summed E-state index contributed by atoms with van der Waals surface area (Å²) in [6.07, 6.45) is 0. The minimum absolute atomic E-state index is 0. The zero-order chi connectivity index (χ0) is 13.0. The summed E-state index contributed by atoms with van der Waals surface area (Å²) >= 11 is 0. The van der Waals surface area contributed by atoms with Crippen LogP contribution in [0.3, 0.4) is 0 Å². The van der Waals surface area contributed by atoms with Crippen LogP contribution in [0.2, 0.25) is 0 Å². The van der Waals surface area contributed by atoms with Gasteiger partial charge in [0.2, 0.25) is 0 Å². The van der Waals surface area contributed by atoms with E-state index in [-0.39, 0.29) is 5.48 Å². The molecule has 0 saturated carbocycles. The first kappa shape index (κ1) is 14.9. The summed E-state index contributed by atoms with van der Waals surface area (Å²) in [5.74, 6) is 2.40. The molecule has 19 heavy (non-hydrogen) atoms. The molecule has 2 N–H and O–H groups in total. The van der Waals surface area contributed by atoms with Crippen molar-refractivity contribution in [2.75, 3.05) is 21.3 Å². The third-order valence-electron chi connectivity index (χ3n) is 2.77. The third-order valence-corrected chi connectivity index (χ3v) is 2.77. The Bertz CT molecular complexity index is 498. The predicted octanol–water partition coefficient (Wildman–Crippen LogP) is 2.55. The lowest BCUT2D eigenvalue weighted by molar-refractivity contribution is 0.394. The number of benzene rings is 2. The van der Waals surface area contributed by atoms with Gasteiger partial charge >= 0.3 is 0 Å². The molecule has 0 saturated heterocycles. The Morgan fingerprint density at radius 2 is 1.05 bits per heavy atom. The maximum absolute atomic E-state index is 5.26. The average Bonchev–Trinajstić information content (AvgIpc) is 2.46. The standard InChI is InChI=1S/C15H16O3.H2O/c1-16-13-6-4-11(5-7-13)12-8-14(17-2)10-15(9-12)18-3;/h4-10H,1-3H3;1H2. The van der Waals surface area contributed by atoms with Gasteiger partial charge in [0.1, 0.15) is 17.2 Å². The van der Waals surface area contributed by atoms with Crippen LogP contribution in [0.25, 0.3) is 11.1 Å². The van der Waals surface area contributed by atoms with Crippen molar-refractivity contribution in [2.24, 2.45) is 0 Å². The van der Waals surface area contributed by atoms with Crippen molar-refractivity contribution < 1.29 is 19.7 Å². The van der Waals surface area contributed by atoms with E-state index in [1.54, 1.807) is 21.3 Å². The summed E-state index contributed by atoms with van der Waals surface area (Å²) in [7, 11) is 4.95. The Morgan fingerprint density at radius 3 is 1.47 bits per heavy atom. The Labute approximate surface area is 112 Å². The normalized spacial score (nSPS) is 9.42. The van der Waals surface area contributed by atoms with Gasteiger partial charge in [0, 0.05) is 6.07 Å². The molecule has 0 fully saturated rings. The van der Waals surface area contributed by atoms with Gasteiger partial charge in [-0.3, -0.25) is 0 Å². The summed E-state index contributed by atoms with van der Waals surface area (Å²) in [5, 5.41) is 0. The number of rotatable bonds is 4. The number of methoxy groups -OCH3 is 3. The Kier molecular flexibility index (Phi) is 5.21. The first-order valence-corrected chi connectivity index (χ1v) is 5.64. The van der Waals surface area contributed by atoms with Gasteiger partial charge in [-0.15, -0.1) is 0 Å². The summed E-state index contributed by atoms with van der Waals surface area (Å²) in [6, 6.07) is 13.7. The monoisotopic (exact) mass is 262 g/mol. The second-order valence-corrected chi connectivity index (χ2v) is 3.83. The molecule has 0 heterocycles. The molecule has 0 unspecified atom stereocenters. The third kappa shape index (κ3) is 3.39. The van der Waals surface area contributed by atoms with E-state index in [1.165, 1.54) is 0 Å². The van der Waals surface area contributed by atoms with E-state index >= 15 is 0 Å². The lowest BCUT2D eigenvalue weighted by Crippen LogP contribution is -1.89. The van der Waals surface area contributed by atoms with Gasteiger partial charge in [-0.2, -0.15) is 0 Å². The predicted molar refractivity (Wildman–Crippen MR) is 75.1 cm³/mol. The number of hydrogen-bond acceptors (Lipinski definition) is 3. The molecule has 2 rings (SSSR count). The lowest BCUT2D eigenvalue weighted by Gasteiger charge is -2.09. The Hall–Kier alpha value is -2.20. The van der Waals surface area contributed by atoms with Crippen LogP contribution in [0, 0.1) is 0 Å². The van der Waals surface area contributed by atoms with Gasteiger partial charge in [0.25, 0.3) is 0 Å². The van der Waals surface area contributed by atoms with E-state index in [1.807, 2.05) is 42.5 Å². The van der Waals surface area contributed by atoms with Crippen LogP contribution in [-0.2, 0) is 0 Å². The smallest absolute Gasteiger partial charge is 0.123 e. The van der Waals surface area contributed by atoms with Crippen LogP contribution in [-0.4, -0.2) is 26.8 Å². The Morgan fingerprint density at radius 1 is 0.579 bits per heavy atom. The SMILES string of the molecule is COc1ccc(-c2cc(OC)cc(OC)c2)cc1.O. The summed E-state index contributed by atoms with van der Waals surface area (Å²) in [5.41, 5.74) is 2.14. The molecule has 2 aromatic carbocycles. The van der Waals surface area contributed by atoms with Crippen LogP contribution in [0.15, 0.2) is 42.5 Å². The number of ether oxygens (including phenoxy) is 3. The highest BCUT2D eigenvalue weighted by molar-refractivity contribution is 5.67. The largest absolute Gasteiger partial charge is 0.497 e. The molecule has 4 nitrogen and oxygen atoms in total. The fourth-order valence-corrected chi connectivity index (χ4v) is 1.76. The maximum Gasteiger partial charge on any atom is 0.123 e. The van der Waals surface area contributed by atoms with Gasteiger partial charge < -0.3 is 19.7 Å². The van der Waals surface area contributed by atoms with Crippen molar-refractivity contribution in [1.29, 1.82) is 0 Å². The molecule has 2 aromatic rings. The average molecular weight is 262 g/mol. The second kappa shape index (κ2) is 6.66. The first-order chi connectivity index (χ1) is 8.76. The quantitative estimate of drug-likeness (QED) is 0.850. The van der Waals surface area contributed by atoms with Gasteiger partial charge in [0.05, 0.1) is 21.3 Å². The summed E-state index contributed by atoms with van der Waals surface area (Å²) in [6.45, 7) is 0. The minimum atomic E-state index is 0. The fraction of sp³-hybridized carbons (Fsp3) is 0.200. The zero-order valence-electron chi connectivity index (χ0n) is 11.3. The van der Waals surface area contributed by atoms with Gasteiger partial charge in [0.15, 0.2) is 0 Å². The van der Waals surface area contributed by atoms with Crippen molar-refractivity contribution >= 4 is 0 Å². The lowest BCUT2D eigenvalue weighted by atomic mass is 10.0. The molecular formula is C15H18O4. The molecule has 0 bridgehead atoms. The first-order valence-electron chi connectivity index (χ1n) is 5.64. The molecule has 0 radical (unpaired) electrons. The van der Waals surface area contributed by atoms with Gasteiger partial charge in [-0.1, -0.05) is 12.1 Å². The topological polar surface area (TPSA) is 59.2 Å².